The molecule has 3 rings (SSSR count). The maximum Gasteiger partial charge on any atom is 0.139 e. The number of para-hydroxylation sites is 1. The van der Waals surface area contributed by atoms with E-state index in [-0.39, 0.29) is 6.04 Å². The zero-order valence-electron chi connectivity index (χ0n) is 10.3. The van der Waals surface area contributed by atoms with E-state index < -0.39 is 0 Å². The average molecular weight is 232 g/mol. The molecule has 17 heavy (non-hydrogen) atoms. The van der Waals surface area contributed by atoms with Crippen LogP contribution in [0.25, 0.3) is 0 Å². The second-order valence-corrected chi connectivity index (χ2v) is 5.37. The Hall–Kier alpha value is -1.22. The number of hydrogen-bond donors (Lipinski definition) is 2. The van der Waals surface area contributed by atoms with E-state index in [1.54, 1.807) is 6.07 Å². The summed E-state index contributed by atoms with van der Waals surface area (Å²) in [5, 5.41) is 10.0. The van der Waals surface area contributed by atoms with Gasteiger partial charge in [-0.2, -0.15) is 0 Å². The molecule has 1 aliphatic carbocycles. The van der Waals surface area contributed by atoms with Crippen molar-refractivity contribution >= 4 is 5.69 Å². The normalized spacial score (nSPS) is 31.9. The minimum Gasteiger partial charge on any atom is -0.506 e. The van der Waals surface area contributed by atoms with Gasteiger partial charge >= 0.3 is 0 Å². The molecular weight excluding hydrogens is 212 g/mol. The third kappa shape index (κ3) is 1.53. The third-order valence-corrected chi connectivity index (χ3v) is 4.50. The predicted octanol–water partition coefficient (Wildman–Crippen LogP) is 2.40. The summed E-state index contributed by atoms with van der Waals surface area (Å²) in [6.07, 6.45) is 4.98. The van der Waals surface area contributed by atoms with E-state index in [0.29, 0.717) is 17.7 Å². The van der Waals surface area contributed by atoms with E-state index in [2.05, 4.69) is 18.0 Å². The molecule has 3 unspecified atom stereocenters. The summed E-state index contributed by atoms with van der Waals surface area (Å²) in [4.78, 5) is 2.25. The molecule has 0 saturated heterocycles. The van der Waals surface area contributed by atoms with Gasteiger partial charge in [0.2, 0.25) is 0 Å². The summed E-state index contributed by atoms with van der Waals surface area (Å²) in [6, 6.07) is 6.29. The zero-order valence-corrected chi connectivity index (χ0v) is 10.3. The number of nitrogens with zero attached hydrogens (tertiary/aromatic N) is 1. The number of hydrogen-bond acceptors (Lipinski definition) is 3. The first kappa shape index (κ1) is 10.9. The van der Waals surface area contributed by atoms with Crippen LogP contribution in [0.3, 0.4) is 0 Å². The lowest BCUT2D eigenvalue weighted by Crippen LogP contribution is -2.48. The molecule has 3 atom stereocenters. The fourth-order valence-corrected chi connectivity index (χ4v) is 3.64. The first-order valence-electron chi connectivity index (χ1n) is 6.50. The van der Waals surface area contributed by atoms with E-state index >= 15 is 0 Å². The number of rotatable bonds is 0. The van der Waals surface area contributed by atoms with Gasteiger partial charge in [0, 0.05) is 19.1 Å². The molecule has 0 bridgehead atoms. The summed E-state index contributed by atoms with van der Waals surface area (Å²) in [7, 11) is 2.09. The smallest absolute Gasteiger partial charge is 0.139 e. The van der Waals surface area contributed by atoms with Crippen LogP contribution in [0.4, 0.5) is 5.69 Å². The van der Waals surface area contributed by atoms with Crippen molar-refractivity contribution in [2.45, 2.75) is 37.8 Å². The number of phenols is 1. The van der Waals surface area contributed by atoms with Crippen LogP contribution in [0, 0.1) is 5.92 Å². The van der Waals surface area contributed by atoms with Crippen LogP contribution < -0.4 is 10.6 Å². The van der Waals surface area contributed by atoms with Crippen molar-refractivity contribution in [2.75, 3.05) is 11.9 Å². The van der Waals surface area contributed by atoms with Gasteiger partial charge in [0.05, 0.1) is 5.69 Å². The maximum absolute atomic E-state index is 10.0. The number of anilines is 1. The Morgan fingerprint density at radius 1 is 1.29 bits per heavy atom. The first-order chi connectivity index (χ1) is 8.20. The molecule has 0 radical (unpaired) electrons. The first-order valence-corrected chi connectivity index (χ1v) is 6.50. The lowest BCUT2D eigenvalue weighted by Gasteiger charge is -2.47. The summed E-state index contributed by atoms with van der Waals surface area (Å²) < 4.78 is 0. The van der Waals surface area contributed by atoms with Gasteiger partial charge in [-0.25, -0.2) is 0 Å². The summed E-state index contributed by atoms with van der Waals surface area (Å²) in [5.41, 5.74) is 8.45. The highest BCUT2D eigenvalue weighted by Crippen LogP contribution is 2.47. The molecule has 2 aliphatic rings. The van der Waals surface area contributed by atoms with Crippen molar-refractivity contribution < 1.29 is 5.11 Å². The van der Waals surface area contributed by atoms with Crippen LogP contribution in [-0.2, 0) is 0 Å². The minimum absolute atomic E-state index is 0.0820. The molecule has 3 heteroatoms. The highest BCUT2D eigenvalue weighted by Gasteiger charge is 2.40. The lowest BCUT2D eigenvalue weighted by molar-refractivity contribution is 0.245. The van der Waals surface area contributed by atoms with Crippen molar-refractivity contribution in [2.24, 2.45) is 11.7 Å². The highest BCUT2D eigenvalue weighted by atomic mass is 16.3. The van der Waals surface area contributed by atoms with Crippen LogP contribution in [0.15, 0.2) is 18.2 Å². The van der Waals surface area contributed by atoms with E-state index in [0.717, 1.165) is 11.3 Å². The summed E-state index contributed by atoms with van der Waals surface area (Å²) in [5.74, 6) is 0.910. The SMILES string of the molecule is CN1c2c(O)cccc2C(N)C2CCCCC21. The van der Waals surface area contributed by atoms with E-state index in [9.17, 15) is 5.11 Å². The molecule has 3 N–H and O–H groups in total. The molecule has 0 amide bonds. The van der Waals surface area contributed by atoms with Gasteiger partial charge in [0.1, 0.15) is 5.75 Å². The van der Waals surface area contributed by atoms with E-state index in [1.165, 1.54) is 25.7 Å². The van der Waals surface area contributed by atoms with Crippen molar-refractivity contribution in [3.05, 3.63) is 23.8 Å². The van der Waals surface area contributed by atoms with E-state index in [4.69, 9.17) is 5.73 Å². The lowest BCUT2D eigenvalue weighted by atomic mass is 9.74. The Labute approximate surface area is 102 Å². The Balaban J connectivity index is 2.10. The maximum atomic E-state index is 10.0. The molecule has 1 heterocycles. The zero-order chi connectivity index (χ0) is 12.0. The monoisotopic (exact) mass is 232 g/mol. The van der Waals surface area contributed by atoms with Crippen molar-refractivity contribution in [3.63, 3.8) is 0 Å². The van der Waals surface area contributed by atoms with Gasteiger partial charge in [0.15, 0.2) is 0 Å². The van der Waals surface area contributed by atoms with Crippen LogP contribution in [0.5, 0.6) is 5.75 Å². The number of aromatic hydroxyl groups is 1. The highest BCUT2D eigenvalue weighted by molar-refractivity contribution is 5.66. The van der Waals surface area contributed by atoms with Crippen LogP contribution in [-0.4, -0.2) is 18.2 Å². The van der Waals surface area contributed by atoms with E-state index in [1.807, 2.05) is 6.07 Å². The molecule has 1 aromatic rings. The molecular formula is C14H20N2O. The molecule has 3 nitrogen and oxygen atoms in total. The fraction of sp³-hybridized carbons (Fsp3) is 0.571. The third-order valence-electron chi connectivity index (χ3n) is 4.50. The van der Waals surface area contributed by atoms with Gasteiger partial charge < -0.3 is 15.7 Å². The van der Waals surface area contributed by atoms with Crippen LogP contribution in [0.2, 0.25) is 0 Å². The quantitative estimate of drug-likeness (QED) is 0.722. The topological polar surface area (TPSA) is 49.5 Å². The van der Waals surface area contributed by atoms with Crippen LogP contribution in [0.1, 0.15) is 37.3 Å². The minimum atomic E-state index is 0.0820. The van der Waals surface area contributed by atoms with Crippen molar-refractivity contribution in [3.8, 4) is 5.75 Å². The van der Waals surface area contributed by atoms with Crippen molar-refractivity contribution in [1.29, 1.82) is 0 Å². The molecule has 1 fully saturated rings. The van der Waals surface area contributed by atoms with Gasteiger partial charge in [-0.3, -0.25) is 0 Å². The Bertz CT molecular complexity index is 432. The summed E-state index contributed by atoms with van der Waals surface area (Å²) in [6.45, 7) is 0. The van der Waals surface area contributed by atoms with Gasteiger partial charge in [-0.15, -0.1) is 0 Å². The molecule has 1 saturated carbocycles. The fourth-order valence-electron chi connectivity index (χ4n) is 3.64. The average Bonchev–Trinajstić information content (AvgIpc) is 2.36. The number of phenolic OH excluding ortho intramolecular Hbond substituents is 1. The second-order valence-electron chi connectivity index (χ2n) is 5.37. The largest absolute Gasteiger partial charge is 0.506 e. The predicted molar refractivity (Wildman–Crippen MR) is 69.2 cm³/mol. The Morgan fingerprint density at radius 3 is 2.88 bits per heavy atom. The standard InChI is InChI=1S/C14H20N2O/c1-16-11-7-3-2-5-9(11)13(15)10-6-4-8-12(17)14(10)16/h4,6,8-9,11,13,17H,2-3,5,7,15H2,1H3. The molecule has 0 aromatic heterocycles. The van der Waals surface area contributed by atoms with Gasteiger partial charge in [0.25, 0.3) is 0 Å². The van der Waals surface area contributed by atoms with Crippen LogP contribution >= 0.6 is 0 Å². The molecule has 1 aromatic carbocycles. The number of benzene rings is 1. The summed E-state index contributed by atoms with van der Waals surface area (Å²) >= 11 is 0. The molecule has 0 spiro atoms. The Morgan fingerprint density at radius 2 is 2.06 bits per heavy atom. The number of fused-ring (bicyclic) bond motifs is 2. The number of nitrogens with two attached hydrogens (primary N) is 1. The Kier molecular flexibility index (Phi) is 2.51. The van der Waals surface area contributed by atoms with Gasteiger partial charge in [-0.05, 0) is 30.4 Å². The van der Waals surface area contributed by atoms with Gasteiger partial charge in [-0.1, -0.05) is 25.0 Å². The van der Waals surface area contributed by atoms with Crippen molar-refractivity contribution in [1.82, 2.24) is 0 Å². The molecule has 1 aliphatic heterocycles. The second kappa shape index (κ2) is 3.91. The molecule has 92 valence electrons.